The summed E-state index contributed by atoms with van der Waals surface area (Å²) in [6.45, 7) is 5.17. The summed E-state index contributed by atoms with van der Waals surface area (Å²) in [7, 11) is 0. The molecule has 0 amide bonds. The van der Waals surface area contributed by atoms with Gasteiger partial charge in [-0.2, -0.15) is 0 Å². The Bertz CT molecular complexity index is 468. The number of aliphatic carboxylic acids is 4. The van der Waals surface area contributed by atoms with Gasteiger partial charge in [0, 0.05) is 0 Å². The van der Waals surface area contributed by atoms with Crippen molar-refractivity contribution in [2.24, 2.45) is 22.9 Å². The quantitative estimate of drug-likeness (QED) is 0.136. The summed E-state index contributed by atoms with van der Waals surface area (Å²) in [5, 5.41) is 72.8. The van der Waals surface area contributed by atoms with Gasteiger partial charge in [0.15, 0.2) is 0 Å². The summed E-state index contributed by atoms with van der Waals surface area (Å²) in [4.78, 5) is 39.0. The summed E-state index contributed by atoms with van der Waals surface area (Å²) in [6.07, 6.45) is -4.17. The number of carbonyl (C=O) groups is 4. The van der Waals surface area contributed by atoms with Crippen LogP contribution < -0.4 is 43.4 Å². The summed E-state index contributed by atoms with van der Waals surface area (Å²) in [6, 6.07) is -5.07. The van der Waals surface area contributed by atoms with Crippen molar-refractivity contribution >= 4 is 23.9 Å². The Kier molecular flexibility index (Phi) is 28.1. The van der Waals surface area contributed by atoms with Gasteiger partial charge >= 0.3 is 26.2 Å². The van der Waals surface area contributed by atoms with Gasteiger partial charge in [-0.25, -0.2) is 0 Å². The molecule has 0 aliphatic rings. The van der Waals surface area contributed by atoms with Crippen LogP contribution in [0, 0.1) is 0 Å². The van der Waals surface area contributed by atoms with Gasteiger partial charge in [0.05, 0.1) is 72.5 Å². The molecule has 0 saturated heterocycles. The second kappa shape index (κ2) is 22.2. The summed E-state index contributed by atoms with van der Waals surface area (Å²) in [5.41, 5.74) is 19.4. The first-order valence-corrected chi connectivity index (χ1v) is 8.80. The molecule has 0 radical (unpaired) electrons. The van der Waals surface area contributed by atoms with Gasteiger partial charge in [-0.05, 0) is 27.7 Å². The maximum absolute atomic E-state index is 9.74. The topological polar surface area (TPSA) is 346 Å². The van der Waals surface area contributed by atoms with E-state index in [2.05, 4.69) is 0 Å². The van der Waals surface area contributed by atoms with E-state index in [0.29, 0.717) is 0 Å². The molecule has 0 aromatic carbocycles. The van der Waals surface area contributed by atoms with E-state index in [1.807, 2.05) is 0 Å². The largest absolute Gasteiger partial charge is 4.00 e. The number of aliphatic hydroxyl groups excluding tert-OH is 4. The van der Waals surface area contributed by atoms with Crippen molar-refractivity contribution in [2.45, 2.75) is 76.3 Å². The van der Waals surface area contributed by atoms with E-state index in [9.17, 15) is 39.6 Å². The second-order valence-electron chi connectivity index (χ2n) is 6.34. The van der Waals surface area contributed by atoms with E-state index in [-0.39, 0.29) is 26.2 Å². The molecule has 0 rings (SSSR count). The van der Waals surface area contributed by atoms with Gasteiger partial charge in [-0.1, -0.05) is 0 Å². The Labute approximate surface area is 209 Å². The number of rotatable bonds is 8. The Morgan fingerprint density at radius 1 is 0.485 bits per heavy atom. The first-order valence-electron chi connectivity index (χ1n) is 8.80. The smallest absolute Gasteiger partial charge is 0.548 e. The maximum Gasteiger partial charge on any atom is 4.00 e. The molecule has 0 aliphatic heterocycles. The SMILES string of the molecule is CC(O)C(N)C(=O)[O-].CC(O)C(N)C(=O)[O-].CC(O)C(N)C(=O)[O-].CC(O)C(N)C(=O)[O-].[Zr+4]. The van der Waals surface area contributed by atoms with E-state index in [1.165, 1.54) is 27.7 Å². The van der Waals surface area contributed by atoms with Gasteiger partial charge in [0.1, 0.15) is 0 Å². The van der Waals surface area contributed by atoms with Crippen molar-refractivity contribution < 1.29 is 86.2 Å². The van der Waals surface area contributed by atoms with Crippen molar-refractivity contribution in [1.29, 1.82) is 0 Å². The Hall–Kier alpha value is -1.56. The van der Waals surface area contributed by atoms with Crippen LogP contribution in [0.15, 0.2) is 0 Å². The first kappa shape index (κ1) is 41.7. The fourth-order valence-electron chi connectivity index (χ4n) is 0.788. The van der Waals surface area contributed by atoms with Gasteiger partial charge < -0.3 is 83.0 Å². The predicted octanol–water partition coefficient (Wildman–Crippen LogP) is -10.2. The minimum atomic E-state index is -1.43. The molecule has 8 unspecified atom stereocenters. The monoisotopic (exact) mass is 562 g/mol. The number of carboxylic acid groups (broad SMARTS) is 4. The third-order valence-electron chi connectivity index (χ3n) is 3.17. The van der Waals surface area contributed by atoms with Crippen LogP contribution in [-0.2, 0) is 45.4 Å². The molecule has 12 N–H and O–H groups in total. The standard InChI is InChI=1S/4C4H9NO3.Zr/c4*1-2(6)3(5)4(7)8;/h4*2-3,6H,5H2,1H3,(H,7,8);/q;;;;+4/p-4. The minimum Gasteiger partial charge on any atom is -0.548 e. The van der Waals surface area contributed by atoms with Crippen LogP contribution in [0.2, 0.25) is 0 Å². The maximum atomic E-state index is 9.74. The van der Waals surface area contributed by atoms with Crippen molar-refractivity contribution in [1.82, 2.24) is 0 Å². The zero-order valence-electron chi connectivity index (χ0n) is 18.5. The van der Waals surface area contributed by atoms with Crippen LogP contribution in [0.3, 0.4) is 0 Å². The van der Waals surface area contributed by atoms with Gasteiger partial charge in [0.25, 0.3) is 0 Å². The number of aliphatic hydroxyl groups is 4. The van der Waals surface area contributed by atoms with Crippen molar-refractivity contribution in [3.63, 3.8) is 0 Å². The number of carbonyl (C=O) groups excluding carboxylic acids is 4. The van der Waals surface area contributed by atoms with Gasteiger partial charge in [0.2, 0.25) is 0 Å². The fourth-order valence-corrected chi connectivity index (χ4v) is 0.788. The van der Waals surface area contributed by atoms with E-state index in [1.54, 1.807) is 0 Å². The second-order valence-corrected chi connectivity index (χ2v) is 6.34. The van der Waals surface area contributed by atoms with Crippen molar-refractivity contribution in [3.8, 4) is 0 Å². The average Bonchev–Trinajstić information content (AvgIpc) is 2.65. The molecule has 0 saturated carbocycles. The van der Waals surface area contributed by atoms with Crippen LogP contribution in [-0.4, -0.2) is 92.9 Å². The summed E-state index contributed by atoms with van der Waals surface area (Å²) < 4.78 is 0. The van der Waals surface area contributed by atoms with Gasteiger partial charge in [-0.15, -0.1) is 0 Å². The zero-order valence-corrected chi connectivity index (χ0v) is 20.9. The summed E-state index contributed by atoms with van der Waals surface area (Å²) in [5.74, 6) is -5.72. The predicted molar refractivity (Wildman–Crippen MR) is 98.7 cm³/mol. The third kappa shape index (κ3) is 26.6. The van der Waals surface area contributed by atoms with Crippen molar-refractivity contribution in [2.75, 3.05) is 0 Å². The molecule has 0 aromatic rings. The van der Waals surface area contributed by atoms with Crippen LogP contribution in [0.25, 0.3) is 0 Å². The molecular weight excluding hydrogens is 531 g/mol. The molecular formula is C16H32N4O12Zr. The first-order chi connectivity index (χ1) is 14.2. The number of hydrogen-bond donors (Lipinski definition) is 8. The van der Waals surface area contributed by atoms with E-state index < -0.39 is 72.5 Å². The molecule has 17 heteroatoms. The zero-order chi connectivity index (χ0) is 26.9. The van der Waals surface area contributed by atoms with E-state index in [4.69, 9.17) is 43.4 Å². The minimum absolute atomic E-state index is 0. The molecule has 33 heavy (non-hydrogen) atoms. The van der Waals surface area contributed by atoms with E-state index >= 15 is 0 Å². The van der Waals surface area contributed by atoms with Crippen LogP contribution in [0.5, 0.6) is 0 Å². The third-order valence-corrected chi connectivity index (χ3v) is 3.17. The van der Waals surface area contributed by atoms with Crippen LogP contribution in [0.4, 0.5) is 0 Å². The molecule has 8 atom stereocenters. The molecule has 0 heterocycles. The molecule has 192 valence electrons. The summed E-state index contributed by atoms with van der Waals surface area (Å²) >= 11 is 0. The molecule has 0 fully saturated rings. The molecule has 0 spiro atoms. The molecule has 16 nitrogen and oxygen atoms in total. The number of carboxylic acids is 4. The molecule has 0 aliphatic carbocycles. The van der Waals surface area contributed by atoms with E-state index in [0.717, 1.165) is 0 Å². The van der Waals surface area contributed by atoms with Gasteiger partial charge in [-0.3, -0.25) is 0 Å². The molecule has 0 aromatic heterocycles. The number of hydrogen-bond acceptors (Lipinski definition) is 16. The van der Waals surface area contributed by atoms with Crippen molar-refractivity contribution in [3.05, 3.63) is 0 Å². The number of nitrogens with two attached hydrogens (primary N) is 4. The Balaban J connectivity index is -0.000000105. The molecule has 0 bridgehead atoms. The van der Waals surface area contributed by atoms with Crippen LogP contribution in [0.1, 0.15) is 27.7 Å². The average molecular weight is 564 g/mol. The Morgan fingerprint density at radius 2 is 0.576 bits per heavy atom. The fraction of sp³-hybridized carbons (Fsp3) is 0.750. The normalized spacial score (nSPS) is 16.8. The van der Waals surface area contributed by atoms with Crippen LogP contribution >= 0.6 is 0 Å². The Morgan fingerprint density at radius 3 is 0.576 bits per heavy atom.